The van der Waals surface area contributed by atoms with Gasteiger partial charge in [0, 0.05) is 19.6 Å². The Bertz CT molecular complexity index is 335. The molecule has 0 aliphatic rings. The number of carbonyl (C=O) groups is 1. The van der Waals surface area contributed by atoms with Crippen molar-refractivity contribution >= 4 is 11.7 Å². The van der Waals surface area contributed by atoms with Crippen LogP contribution in [0.4, 0.5) is 5.82 Å². The van der Waals surface area contributed by atoms with Crippen molar-refractivity contribution in [1.82, 2.24) is 10.2 Å². The second kappa shape index (κ2) is 4.70. The first kappa shape index (κ1) is 11.4. The van der Waals surface area contributed by atoms with Crippen molar-refractivity contribution in [2.24, 2.45) is 11.5 Å². The van der Waals surface area contributed by atoms with E-state index in [1.807, 2.05) is 18.9 Å². The number of nitrogens with two attached hydrogens (primary N) is 2. The summed E-state index contributed by atoms with van der Waals surface area (Å²) in [6.45, 7) is 2.58. The van der Waals surface area contributed by atoms with Crippen molar-refractivity contribution < 1.29 is 4.79 Å². The molecule has 0 spiro atoms. The smallest absolute Gasteiger partial charge is 0.269 e. The molecule has 1 aromatic rings. The van der Waals surface area contributed by atoms with Gasteiger partial charge in [-0.25, -0.2) is 0 Å². The Balaban J connectivity index is 2.75. The third-order valence-electron chi connectivity index (χ3n) is 1.86. The van der Waals surface area contributed by atoms with Gasteiger partial charge in [0.1, 0.15) is 0 Å². The van der Waals surface area contributed by atoms with Crippen LogP contribution in [0.2, 0.25) is 0 Å². The van der Waals surface area contributed by atoms with Gasteiger partial charge in [-0.05, 0) is 19.1 Å². The SMILES string of the molecule is CC(N)CN(C)c1ccc(C(N)=O)nn1. The number of anilines is 1. The van der Waals surface area contributed by atoms with Gasteiger partial charge >= 0.3 is 0 Å². The van der Waals surface area contributed by atoms with Crippen molar-refractivity contribution in [3.05, 3.63) is 17.8 Å². The molecule has 0 radical (unpaired) electrons. The predicted octanol–water partition coefficient (Wildman–Crippen LogP) is -0.641. The Morgan fingerprint density at radius 2 is 2.20 bits per heavy atom. The van der Waals surface area contributed by atoms with Crippen LogP contribution in [0.25, 0.3) is 0 Å². The molecule has 82 valence electrons. The molecule has 1 atom stereocenters. The maximum absolute atomic E-state index is 10.7. The van der Waals surface area contributed by atoms with Gasteiger partial charge in [-0.2, -0.15) is 0 Å². The van der Waals surface area contributed by atoms with Gasteiger partial charge < -0.3 is 16.4 Å². The molecule has 0 saturated carbocycles. The van der Waals surface area contributed by atoms with Crippen LogP contribution in [0.15, 0.2) is 12.1 Å². The van der Waals surface area contributed by atoms with Crippen molar-refractivity contribution in [3.8, 4) is 0 Å². The summed E-state index contributed by atoms with van der Waals surface area (Å²) >= 11 is 0. The number of rotatable bonds is 4. The molecule has 6 heteroatoms. The molecule has 1 rings (SSSR count). The molecule has 6 nitrogen and oxygen atoms in total. The fourth-order valence-electron chi connectivity index (χ4n) is 1.19. The Kier molecular flexibility index (Phi) is 3.56. The van der Waals surface area contributed by atoms with E-state index in [1.54, 1.807) is 12.1 Å². The van der Waals surface area contributed by atoms with Gasteiger partial charge in [-0.15, -0.1) is 10.2 Å². The first-order chi connectivity index (χ1) is 7.00. The number of nitrogens with zero attached hydrogens (tertiary/aromatic N) is 3. The fraction of sp³-hybridized carbons (Fsp3) is 0.444. The van der Waals surface area contributed by atoms with Crippen LogP contribution in [0, 0.1) is 0 Å². The van der Waals surface area contributed by atoms with E-state index in [2.05, 4.69) is 10.2 Å². The Morgan fingerprint density at radius 1 is 1.53 bits per heavy atom. The molecular formula is C9H15N5O. The number of primary amides is 1. The van der Waals surface area contributed by atoms with Crippen LogP contribution < -0.4 is 16.4 Å². The average molecular weight is 209 g/mol. The molecular weight excluding hydrogens is 194 g/mol. The molecule has 1 aromatic heterocycles. The van der Waals surface area contributed by atoms with Gasteiger partial charge in [-0.1, -0.05) is 0 Å². The highest BCUT2D eigenvalue weighted by molar-refractivity contribution is 5.90. The van der Waals surface area contributed by atoms with E-state index in [4.69, 9.17) is 11.5 Å². The third kappa shape index (κ3) is 3.17. The van der Waals surface area contributed by atoms with Gasteiger partial charge in [0.2, 0.25) is 0 Å². The van der Waals surface area contributed by atoms with Gasteiger partial charge in [0.25, 0.3) is 5.91 Å². The maximum Gasteiger partial charge on any atom is 0.269 e. The minimum atomic E-state index is -0.580. The number of likely N-dealkylation sites (N-methyl/N-ethyl adjacent to an activating group) is 1. The molecule has 0 aromatic carbocycles. The first-order valence-corrected chi connectivity index (χ1v) is 4.61. The normalized spacial score (nSPS) is 12.2. The summed E-state index contributed by atoms with van der Waals surface area (Å²) in [5.41, 5.74) is 10.9. The standard InChI is InChI=1S/C9H15N5O/c1-6(10)5-14(2)8-4-3-7(9(11)15)12-13-8/h3-4,6H,5,10H2,1-2H3,(H2,11,15). The molecule has 0 saturated heterocycles. The van der Waals surface area contributed by atoms with E-state index >= 15 is 0 Å². The van der Waals surface area contributed by atoms with E-state index in [9.17, 15) is 4.79 Å². The summed E-state index contributed by atoms with van der Waals surface area (Å²) in [6, 6.07) is 3.28. The van der Waals surface area contributed by atoms with Crippen LogP contribution in [-0.4, -0.2) is 35.7 Å². The minimum Gasteiger partial charge on any atom is -0.364 e. The lowest BCUT2D eigenvalue weighted by Gasteiger charge is -2.19. The molecule has 4 N–H and O–H groups in total. The molecule has 1 amide bonds. The van der Waals surface area contributed by atoms with E-state index < -0.39 is 5.91 Å². The Morgan fingerprint density at radius 3 is 2.60 bits per heavy atom. The Hall–Kier alpha value is -1.69. The molecule has 0 aliphatic heterocycles. The van der Waals surface area contributed by atoms with Crippen molar-refractivity contribution in [1.29, 1.82) is 0 Å². The zero-order valence-corrected chi connectivity index (χ0v) is 8.84. The van der Waals surface area contributed by atoms with E-state index in [-0.39, 0.29) is 11.7 Å². The van der Waals surface area contributed by atoms with Crippen LogP contribution >= 0.6 is 0 Å². The van der Waals surface area contributed by atoms with E-state index in [0.717, 1.165) is 0 Å². The first-order valence-electron chi connectivity index (χ1n) is 4.61. The second-order valence-electron chi connectivity index (χ2n) is 3.50. The summed E-state index contributed by atoms with van der Waals surface area (Å²) in [5.74, 6) is 0.0844. The lowest BCUT2D eigenvalue weighted by atomic mass is 10.3. The zero-order chi connectivity index (χ0) is 11.4. The largest absolute Gasteiger partial charge is 0.364 e. The van der Waals surface area contributed by atoms with Crippen molar-refractivity contribution in [3.63, 3.8) is 0 Å². The van der Waals surface area contributed by atoms with Crippen molar-refractivity contribution in [2.45, 2.75) is 13.0 Å². The van der Waals surface area contributed by atoms with E-state index in [1.165, 1.54) is 0 Å². The second-order valence-corrected chi connectivity index (χ2v) is 3.50. The number of hydrogen-bond donors (Lipinski definition) is 2. The van der Waals surface area contributed by atoms with Gasteiger partial charge in [0.15, 0.2) is 11.5 Å². The number of carbonyl (C=O) groups excluding carboxylic acids is 1. The summed E-state index contributed by atoms with van der Waals surface area (Å²) in [6.07, 6.45) is 0. The number of aromatic nitrogens is 2. The van der Waals surface area contributed by atoms with Crippen molar-refractivity contribution in [2.75, 3.05) is 18.5 Å². The average Bonchev–Trinajstić information content (AvgIpc) is 2.17. The van der Waals surface area contributed by atoms with Crippen LogP contribution in [0.5, 0.6) is 0 Å². The van der Waals surface area contributed by atoms with E-state index in [0.29, 0.717) is 12.4 Å². The topological polar surface area (TPSA) is 98.1 Å². The monoisotopic (exact) mass is 209 g/mol. The summed E-state index contributed by atoms with van der Waals surface area (Å²) in [4.78, 5) is 12.6. The predicted molar refractivity (Wildman–Crippen MR) is 57.5 cm³/mol. The van der Waals surface area contributed by atoms with Crippen LogP contribution in [0.1, 0.15) is 17.4 Å². The molecule has 0 aliphatic carbocycles. The third-order valence-corrected chi connectivity index (χ3v) is 1.86. The summed E-state index contributed by atoms with van der Waals surface area (Å²) in [7, 11) is 1.86. The molecule has 1 heterocycles. The van der Waals surface area contributed by atoms with Gasteiger partial charge in [0.05, 0.1) is 0 Å². The lowest BCUT2D eigenvalue weighted by Crippen LogP contribution is -2.33. The van der Waals surface area contributed by atoms with Crippen LogP contribution in [0.3, 0.4) is 0 Å². The number of amides is 1. The quantitative estimate of drug-likeness (QED) is 0.687. The van der Waals surface area contributed by atoms with Gasteiger partial charge in [-0.3, -0.25) is 4.79 Å². The minimum absolute atomic E-state index is 0.0487. The fourth-order valence-corrected chi connectivity index (χ4v) is 1.19. The molecule has 0 fully saturated rings. The highest BCUT2D eigenvalue weighted by Crippen LogP contribution is 2.07. The molecule has 1 unspecified atom stereocenters. The molecule has 15 heavy (non-hydrogen) atoms. The Labute approximate surface area is 88.3 Å². The lowest BCUT2D eigenvalue weighted by molar-refractivity contribution is 0.0994. The highest BCUT2D eigenvalue weighted by atomic mass is 16.1. The summed E-state index contributed by atoms with van der Waals surface area (Å²) < 4.78 is 0. The molecule has 0 bridgehead atoms. The highest BCUT2D eigenvalue weighted by Gasteiger charge is 2.07. The van der Waals surface area contributed by atoms with Crippen LogP contribution in [-0.2, 0) is 0 Å². The zero-order valence-electron chi connectivity index (χ0n) is 8.84. The number of hydrogen-bond acceptors (Lipinski definition) is 5. The maximum atomic E-state index is 10.7. The summed E-state index contributed by atoms with van der Waals surface area (Å²) in [5, 5.41) is 7.57.